The van der Waals surface area contributed by atoms with Crippen molar-refractivity contribution in [3.63, 3.8) is 0 Å². The second-order valence-electron chi connectivity index (χ2n) is 12.5. The van der Waals surface area contributed by atoms with Crippen molar-refractivity contribution in [1.82, 2.24) is 15.5 Å². The van der Waals surface area contributed by atoms with Gasteiger partial charge < -0.3 is 25.5 Å². The molecular formula is C37H40ClF3N4O4. The summed E-state index contributed by atoms with van der Waals surface area (Å²) in [5, 5.41) is 14.6. The van der Waals surface area contributed by atoms with Gasteiger partial charge in [-0.2, -0.15) is 13.2 Å². The number of carbonyl (C=O) groups excluding carboxylic acids is 2. The van der Waals surface area contributed by atoms with Crippen molar-refractivity contribution in [1.29, 1.82) is 0 Å². The third kappa shape index (κ3) is 10.1. The zero-order chi connectivity index (χ0) is 35.0. The van der Waals surface area contributed by atoms with E-state index in [1.807, 2.05) is 41.3 Å². The number of nitrogens with zero attached hydrogens (tertiary/aromatic N) is 2. The summed E-state index contributed by atoms with van der Waals surface area (Å²) >= 11 is 6.15. The predicted molar refractivity (Wildman–Crippen MR) is 182 cm³/mol. The maximum absolute atomic E-state index is 13.5. The molecule has 0 aromatic heterocycles. The van der Waals surface area contributed by atoms with E-state index in [1.54, 1.807) is 0 Å². The maximum atomic E-state index is 13.5. The number of anilines is 1. The number of hydrogen-bond acceptors (Lipinski definition) is 5. The van der Waals surface area contributed by atoms with Crippen LogP contribution in [-0.2, 0) is 40.3 Å². The number of nitrogens with one attached hydrogen (secondary N) is 2. The van der Waals surface area contributed by atoms with Crippen LogP contribution in [0.3, 0.4) is 0 Å². The number of likely N-dealkylation sites (tertiary alicyclic amines) is 1. The molecule has 0 radical (unpaired) electrons. The first-order valence-corrected chi connectivity index (χ1v) is 16.8. The lowest BCUT2D eigenvalue weighted by Crippen LogP contribution is -2.50. The molecule has 3 aromatic rings. The van der Waals surface area contributed by atoms with Crippen molar-refractivity contribution in [2.24, 2.45) is 0 Å². The molecule has 0 aliphatic carbocycles. The lowest BCUT2D eigenvalue weighted by atomic mass is 9.94. The van der Waals surface area contributed by atoms with Crippen LogP contribution >= 0.6 is 11.6 Å². The Balaban J connectivity index is 0.000000606. The molecule has 0 spiro atoms. The Labute approximate surface area is 288 Å². The van der Waals surface area contributed by atoms with E-state index in [0.29, 0.717) is 37.4 Å². The molecule has 0 saturated carbocycles. The van der Waals surface area contributed by atoms with E-state index >= 15 is 0 Å². The number of amides is 2. The smallest absolute Gasteiger partial charge is 0.475 e. The van der Waals surface area contributed by atoms with Gasteiger partial charge in [0.2, 0.25) is 11.8 Å². The standard InChI is InChI=1S/C35H39ClN4O2.C2HF3O2/c36-30-13-11-25(12-14-30)20-31(38-35(42)32-22-27-6-1-2-7-28(27)23-37-32)21-26-15-18-39(19-16-26)33-9-4-3-8-29(33)24-40-17-5-10-34(40)41;3-2(4,5)1(6)7/h1-4,6-9,11-14,21,31-32,37H,5,10,15-20,22-24H2,(H,38,42);(H,6,7)/t31-,32-;/m1./s1. The Bertz CT molecular complexity index is 1650. The van der Waals surface area contributed by atoms with Crippen LogP contribution in [0.4, 0.5) is 18.9 Å². The molecule has 12 heteroatoms. The van der Waals surface area contributed by atoms with Gasteiger partial charge in [-0.15, -0.1) is 0 Å². The predicted octanol–water partition coefficient (Wildman–Crippen LogP) is 6.06. The van der Waals surface area contributed by atoms with Gasteiger partial charge in [0, 0.05) is 49.9 Å². The normalized spacial score (nSPS) is 18.2. The molecule has 3 aliphatic rings. The third-order valence-electron chi connectivity index (χ3n) is 9.04. The zero-order valence-electron chi connectivity index (χ0n) is 27.0. The second kappa shape index (κ2) is 16.4. The average Bonchev–Trinajstić information content (AvgIpc) is 3.49. The first kappa shape index (κ1) is 35.9. The number of carboxylic acids is 1. The van der Waals surface area contributed by atoms with E-state index in [4.69, 9.17) is 21.5 Å². The minimum atomic E-state index is -5.08. The van der Waals surface area contributed by atoms with Crippen molar-refractivity contribution in [3.05, 3.63) is 112 Å². The van der Waals surface area contributed by atoms with Crippen molar-refractivity contribution in [2.75, 3.05) is 24.5 Å². The van der Waals surface area contributed by atoms with Gasteiger partial charge >= 0.3 is 12.1 Å². The highest BCUT2D eigenvalue weighted by atomic mass is 35.5. The largest absolute Gasteiger partial charge is 0.490 e. The average molecular weight is 697 g/mol. The number of hydrogen-bond donors (Lipinski definition) is 3. The topological polar surface area (TPSA) is 102 Å². The molecule has 3 N–H and O–H groups in total. The van der Waals surface area contributed by atoms with Crippen LogP contribution < -0.4 is 15.5 Å². The summed E-state index contributed by atoms with van der Waals surface area (Å²) in [6.07, 6.45) is 2.12. The monoisotopic (exact) mass is 696 g/mol. The zero-order valence-corrected chi connectivity index (χ0v) is 27.8. The van der Waals surface area contributed by atoms with E-state index < -0.39 is 12.1 Å². The minimum absolute atomic E-state index is 0.0446. The fourth-order valence-corrected chi connectivity index (χ4v) is 6.59. The lowest BCUT2D eigenvalue weighted by molar-refractivity contribution is -0.192. The van der Waals surface area contributed by atoms with E-state index in [9.17, 15) is 22.8 Å². The fraction of sp³-hybridized carbons (Fsp3) is 0.378. The Morgan fingerprint density at radius 2 is 1.61 bits per heavy atom. The molecule has 2 fully saturated rings. The van der Waals surface area contributed by atoms with Gasteiger partial charge in [0.25, 0.3) is 0 Å². The van der Waals surface area contributed by atoms with Crippen LogP contribution in [-0.4, -0.2) is 65.7 Å². The summed E-state index contributed by atoms with van der Waals surface area (Å²) < 4.78 is 31.7. The number of benzene rings is 3. The molecule has 2 amide bonds. The first-order chi connectivity index (χ1) is 23.5. The van der Waals surface area contributed by atoms with Crippen LogP contribution in [0.15, 0.2) is 84.4 Å². The number of aliphatic carboxylic acids is 1. The summed E-state index contributed by atoms with van der Waals surface area (Å²) in [5.74, 6) is -2.45. The van der Waals surface area contributed by atoms with E-state index in [-0.39, 0.29) is 23.9 Å². The Kier molecular flexibility index (Phi) is 12.0. The highest BCUT2D eigenvalue weighted by Crippen LogP contribution is 2.29. The lowest BCUT2D eigenvalue weighted by Gasteiger charge is -2.33. The van der Waals surface area contributed by atoms with Crippen LogP contribution in [0.5, 0.6) is 0 Å². The number of rotatable bonds is 8. The minimum Gasteiger partial charge on any atom is -0.475 e. The molecular weight excluding hydrogens is 657 g/mol. The summed E-state index contributed by atoms with van der Waals surface area (Å²) in [6, 6.07) is 24.4. The summed E-state index contributed by atoms with van der Waals surface area (Å²) in [7, 11) is 0. The quantitative estimate of drug-likeness (QED) is 0.248. The van der Waals surface area contributed by atoms with Gasteiger partial charge in [-0.05, 0) is 72.6 Å². The number of carbonyl (C=O) groups is 3. The fourth-order valence-electron chi connectivity index (χ4n) is 6.46. The molecule has 6 rings (SSSR count). The Morgan fingerprint density at radius 3 is 2.27 bits per heavy atom. The van der Waals surface area contributed by atoms with Gasteiger partial charge in [-0.25, -0.2) is 4.79 Å². The SMILES string of the molecule is O=C(N[C@@H](C=C1CCN(c2ccccc2CN2CCCC2=O)CC1)Cc1ccc(Cl)cc1)[C@H]1Cc2ccccc2CN1.O=C(O)C(F)(F)F. The van der Waals surface area contributed by atoms with Crippen LogP contribution in [0.25, 0.3) is 0 Å². The highest BCUT2D eigenvalue weighted by molar-refractivity contribution is 6.30. The molecule has 49 heavy (non-hydrogen) atoms. The highest BCUT2D eigenvalue weighted by Gasteiger charge is 2.38. The van der Waals surface area contributed by atoms with Crippen LogP contribution in [0.2, 0.25) is 5.02 Å². The van der Waals surface area contributed by atoms with Gasteiger partial charge in [-0.1, -0.05) is 77.8 Å². The molecule has 2 saturated heterocycles. The molecule has 0 bridgehead atoms. The molecule has 8 nitrogen and oxygen atoms in total. The number of carboxylic acid groups (broad SMARTS) is 1. The van der Waals surface area contributed by atoms with Gasteiger partial charge in [0.05, 0.1) is 12.1 Å². The van der Waals surface area contributed by atoms with Gasteiger partial charge in [-0.3, -0.25) is 9.59 Å². The summed E-state index contributed by atoms with van der Waals surface area (Å²) in [5.41, 5.74) is 7.47. The number of halogens is 4. The Hall–Kier alpha value is -4.35. The van der Waals surface area contributed by atoms with Gasteiger partial charge in [0.15, 0.2) is 0 Å². The number of piperidine rings is 1. The van der Waals surface area contributed by atoms with E-state index in [0.717, 1.165) is 44.5 Å². The number of alkyl halides is 3. The number of fused-ring (bicyclic) bond motifs is 1. The molecule has 3 heterocycles. The van der Waals surface area contributed by atoms with Crippen molar-refractivity contribution >= 4 is 35.1 Å². The van der Waals surface area contributed by atoms with Gasteiger partial charge in [0.1, 0.15) is 0 Å². The van der Waals surface area contributed by atoms with Crippen LogP contribution in [0.1, 0.15) is 47.9 Å². The molecule has 260 valence electrons. The molecule has 2 atom stereocenters. The van der Waals surface area contributed by atoms with Crippen LogP contribution in [0, 0.1) is 0 Å². The van der Waals surface area contributed by atoms with E-state index in [2.05, 4.69) is 58.0 Å². The van der Waals surface area contributed by atoms with Crippen molar-refractivity contribution < 1.29 is 32.7 Å². The maximum Gasteiger partial charge on any atom is 0.490 e. The first-order valence-electron chi connectivity index (χ1n) is 16.4. The summed E-state index contributed by atoms with van der Waals surface area (Å²) in [4.78, 5) is 39.1. The molecule has 3 aromatic carbocycles. The second-order valence-corrected chi connectivity index (χ2v) is 13.0. The Morgan fingerprint density at radius 1 is 0.959 bits per heavy atom. The van der Waals surface area contributed by atoms with Crippen molar-refractivity contribution in [2.45, 2.75) is 69.9 Å². The molecule has 3 aliphatic heterocycles. The summed E-state index contributed by atoms with van der Waals surface area (Å²) in [6.45, 7) is 4.08. The third-order valence-corrected chi connectivity index (χ3v) is 9.30. The van der Waals surface area contributed by atoms with E-state index in [1.165, 1.54) is 28.0 Å². The van der Waals surface area contributed by atoms with Crippen molar-refractivity contribution in [3.8, 4) is 0 Å². The number of para-hydroxylation sites is 1. The molecule has 0 unspecified atom stereocenters.